The number of likely N-dealkylation sites (N-methyl/N-ethyl adjacent to an activating group) is 1. The van der Waals surface area contributed by atoms with E-state index in [2.05, 4.69) is 54.7 Å². The number of allylic oxidation sites excluding steroid dienone is 1. The molecule has 0 radical (unpaired) electrons. The minimum Gasteiger partial charge on any atom is -0.354 e. The van der Waals surface area contributed by atoms with Crippen molar-refractivity contribution in [3.05, 3.63) is 59.4 Å². The molecular formula is C17H24N2. The van der Waals surface area contributed by atoms with Gasteiger partial charge in [0.1, 0.15) is 0 Å². The molecule has 0 unspecified atom stereocenters. The highest BCUT2D eigenvalue weighted by atomic mass is 15.2. The summed E-state index contributed by atoms with van der Waals surface area (Å²) in [6.45, 7) is 11.5. The summed E-state index contributed by atoms with van der Waals surface area (Å²) in [6, 6.07) is 6.64. The molecular weight excluding hydrogens is 232 g/mol. The molecule has 0 saturated heterocycles. The molecule has 0 spiro atoms. The zero-order valence-electron chi connectivity index (χ0n) is 12.3. The van der Waals surface area contributed by atoms with Gasteiger partial charge in [0.25, 0.3) is 0 Å². The van der Waals surface area contributed by atoms with Gasteiger partial charge in [-0.25, -0.2) is 0 Å². The van der Waals surface area contributed by atoms with Gasteiger partial charge < -0.3 is 4.90 Å². The van der Waals surface area contributed by atoms with Crippen molar-refractivity contribution in [1.29, 1.82) is 0 Å². The fraction of sp³-hybridized carbons (Fsp3) is 0.412. The van der Waals surface area contributed by atoms with Gasteiger partial charge in [0, 0.05) is 32.4 Å². The lowest BCUT2D eigenvalue weighted by atomic mass is 9.95. The Bertz CT molecular complexity index is 488. The first-order chi connectivity index (χ1) is 9.11. The number of fused-ring (bicyclic) bond motifs is 1. The largest absolute Gasteiger partial charge is 0.354 e. The van der Waals surface area contributed by atoms with E-state index in [-0.39, 0.29) is 0 Å². The molecule has 0 N–H and O–H groups in total. The molecule has 0 aliphatic carbocycles. The molecule has 1 heterocycles. The van der Waals surface area contributed by atoms with E-state index in [0.717, 1.165) is 31.8 Å². The Labute approximate surface area is 117 Å². The fourth-order valence-corrected chi connectivity index (χ4v) is 2.69. The van der Waals surface area contributed by atoms with Crippen molar-refractivity contribution in [2.24, 2.45) is 0 Å². The number of hydrogen-bond acceptors (Lipinski definition) is 2. The predicted molar refractivity (Wildman–Crippen MR) is 81.9 cm³/mol. The van der Waals surface area contributed by atoms with Crippen LogP contribution in [0.15, 0.2) is 42.8 Å². The summed E-state index contributed by atoms with van der Waals surface area (Å²) < 4.78 is 0. The van der Waals surface area contributed by atoms with Gasteiger partial charge in [-0.3, -0.25) is 4.90 Å². The summed E-state index contributed by atoms with van der Waals surface area (Å²) >= 11 is 0. The summed E-state index contributed by atoms with van der Waals surface area (Å²) in [6.07, 6.45) is 5.26. The van der Waals surface area contributed by atoms with Crippen molar-refractivity contribution in [2.75, 3.05) is 20.1 Å². The van der Waals surface area contributed by atoms with E-state index < -0.39 is 0 Å². The molecule has 1 aliphatic rings. The van der Waals surface area contributed by atoms with Crippen LogP contribution in [0.2, 0.25) is 0 Å². The molecule has 0 atom stereocenters. The van der Waals surface area contributed by atoms with Gasteiger partial charge in [0.2, 0.25) is 0 Å². The van der Waals surface area contributed by atoms with Crippen molar-refractivity contribution in [3.8, 4) is 0 Å². The second-order valence-corrected chi connectivity index (χ2v) is 5.33. The molecule has 0 amide bonds. The lowest BCUT2D eigenvalue weighted by Crippen LogP contribution is -2.34. The van der Waals surface area contributed by atoms with Gasteiger partial charge in [0.05, 0.1) is 0 Å². The van der Waals surface area contributed by atoms with E-state index in [9.17, 15) is 0 Å². The zero-order valence-corrected chi connectivity index (χ0v) is 12.3. The lowest BCUT2D eigenvalue weighted by molar-refractivity contribution is 0.259. The van der Waals surface area contributed by atoms with Crippen LogP contribution in [0.25, 0.3) is 0 Å². The summed E-state index contributed by atoms with van der Waals surface area (Å²) in [5.41, 5.74) is 5.61. The maximum Gasteiger partial charge on any atom is 0.0384 e. The third-order valence-electron chi connectivity index (χ3n) is 3.86. The first kappa shape index (κ1) is 13.9. The third kappa shape index (κ3) is 3.27. The first-order valence-corrected chi connectivity index (χ1v) is 6.95. The Morgan fingerprint density at radius 2 is 2.26 bits per heavy atom. The van der Waals surface area contributed by atoms with Crippen LogP contribution in [0.5, 0.6) is 0 Å². The van der Waals surface area contributed by atoms with E-state index in [0.29, 0.717) is 0 Å². The van der Waals surface area contributed by atoms with Crippen LogP contribution in [0, 0.1) is 6.92 Å². The van der Waals surface area contributed by atoms with Gasteiger partial charge in [-0.05, 0) is 43.2 Å². The summed E-state index contributed by atoms with van der Waals surface area (Å²) in [4.78, 5) is 4.58. The van der Waals surface area contributed by atoms with Crippen molar-refractivity contribution in [2.45, 2.75) is 26.8 Å². The van der Waals surface area contributed by atoms with Crippen LogP contribution in [0.3, 0.4) is 0 Å². The predicted octanol–water partition coefficient (Wildman–Crippen LogP) is 3.33. The van der Waals surface area contributed by atoms with Crippen molar-refractivity contribution in [1.82, 2.24) is 9.80 Å². The zero-order chi connectivity index (χ0) is 13.8. The maximum absolute atomic E-state index is 4.17. The fourth-order valence-electron chi connectivity index (χ4n) is 2.69. The van der Waals surface area contributed by atoms with Gasteiger partial charge in [-0.1, -0.05) is 30.9 Å². The normalized spacial score (nSPS) is 15.5. The van der Waals surface area contributed by atoms with Gasteiger partial charge >= 0.3 is 0 Å². The van der Waals surface area contributed by atoms with E-state index in [4.69, 9.17) is 0 Å². The molecule has 2 rings (SSSR count). The summed E-state index contributed by atoms with van der Waals surface area (Å²) in [5, 5.41) is 0. The van der Waals surface area contributed by atoms with Crippen LogP contribution >= 0.6 is 0 Å². The van der Waals surface area contributed by atoms with Crippen LogP contribution in [-0.4, -0.2) is 29.9 Å². The monoisotopic (exact) mass is 256 g/mol. The minimum absolute atomic E-state index is 0.939. The second kappa shape index (κ2) is 6.07. The standard InChI is InChI=1S/C17H24N2/c1-5-10-18(4)15(3)12-19-11-9-17-14(2)7-6-8-16(17)13-19/h5-8,10H,3,9,11-13H2,1-2,4H3/b10-5-. The van der Waals surface area contributed by atoms with Crippen LogP contribution in [0.1, 0.15) is 23.6 Å². The van der Waals surface area contributed by atoms with Crippen LogP contribution in [-0.2, 0) is 13.0 Å². The molecule has 1 aromatic rings. The highest BCUT2D eigenvalue weighted by molar-refractivity contribution is 5.36. The van der Waals surface area contributed by atoms with Gasteiger partial charge in [0.15, 0.2) is 0 Å². The molecule has 0 saturated carbocycles. The Hall–Kier alpha value is -1.54. The Kier molecular flexibility index (Phi) is 4.43. The van der Waals surface area contributed by atoms with E-state index in [1.165, 1.54) is 11.1 Å². The van der Waals surface area contributed by atoms with Crippen LogP contribution in [0.4, 0.5) is 0 Å². The van der Waals surface area contributed by atoms with Crippen molar-refractivity contribution in [3.63, 3.8) is 0 Å². The maximum atomic E-state index is 4.17. The Balaban J connectivity index is 2.01. The molecule has 0 aromatic heterocycles. The molecule has 102 valence electrons. The molecule has 2 nitrogen and oxygen atoms in total. The topological polar surface area (TPSA) is 6.48 Å². The van der Waals surface area contributed by atoms with E-state index in [1.54, 1.807) is 5.56 Å². The number of aryl methyl sites for hydroxylation is 1. The number of hydrogen-bond donors (Lipinski definition) is 0. The van der Waals surface area contributed by atoms with Crippen LogP contribution < -0.4 is 0 Å². The highest BCUT2D eigenvalue weighted by Crippen LogP contribution is 2.22. The molecule has 0 bridgehead atoms. The molecule has 0 fully saturated rings. The first-order valence-electron chi connectivity index (χ1n) is 6.95. The van der Waals surface area contributed by atoms with Crippen molar-refractivity contribution < 1.29 is 0 Å². The van der Waals surface area contributed by atoms with Gasteiger partial charge in [-0.2, -0.15) is 0 Å². The lowest BCUT2D eigenvalue weighted by Gasteiger charge is -2.31. The van der Waals surface area contributed by atoms with Crippen molar-refractivity contribution >= 4 is 0 Å². The van der Waals surface area contributed by atoms with Gasteiger partial charge in [-0.15, -0.1) is 0 Å². The molecule has 19 heavy (non-hydrogen) atoms. The van der Waals surface area contributed by atoms with E-state index in [1.807, 2.05) is 13.0 Å². The molecule has 1 aliphatic heterocycles. The number of benzene rings is 1. The Morgan fingerprint density at radius 1 is 1.47 bits per heavy atom. The summed E-state index contributed by atoms with van der Waals surface area (Å²) in [7, 11) is 2.06. The SMILES string of the molecule is C=C(CN1CCc2c(C)cccc2C1)N(C)/C=C\C. The average molecular weight is 256 g/mol. The summed E-state index contributed by atoms with van der Waals surface area (Å²) in [5.74, 6) is 0. The second-order valence-electron chi connectivity index (χ2n) is 5.33. The smallest absolute Gasteiger partial charge is 0.0384 e. The third-order valence-corrected chi connectivity index (χ3v) is 3.86. The minimum atomic E-state index is 0.939. The average Bonchev–Trinajstić information content (AvgIpc) is 2.39. The highest BCUT2D eigenvalue weighted by Gasteiger charge is 2.18. The number of rotatable bonds is 4. The quantitative estimate of drug-likeness (QED) is 0.815. The van der Waals surface area contributed by atoms with E-state index >= 15 is 0 Å². The molecule has 2 heteroatoms. The molecule has 1 aromatic carbocycles. The number of nitrogens with zero attached hydrogens (tertiary/aromatic N) is 2. The Morgan fingerprint density at radius 3 is 3.00 bits per heavy atom.